The minimum Gasteiger partial charge on any atom is -0.461 e. The number of hydrogen-bond donors (Lipinski definition) is 0. The predicted octanol–water partition coefficient (Wildman–Crippen LogP) is 3.23. The Morgan fingerprint density at radius 2 is 1.96 bits per heavy atom. The summed E-state index contributed by atoms with van der Waals surface area (Å²) in [5, 5.41) is 1.49. The van der Waals surface area contributed by atoms with E-state index in [9.17, 15) is 4.79 Å². The maximum absolute atomic E-state index is 12.7. The molecule has 1 fully saturated rings. The van der Waals surface area contributed by atoms with Crippen LogP contribution in [0, 0.1) is 0 Å². The van der Waals surface area contributed by atoms with Crippen molar-refractivity contribution in [3.8, 4) is 11.6 Å². The average Bonchev–Trinajstić information content (AvgIpc) is 3.23. The van der Waals surface area contributed by atoms with Gasteiger partial charge in [-0.1, -0.05) is 30.0 Å². The number of benzene rings is 1. The molecular formula is C19H19N3O3S. The smallest absolute Gasteiger partial charge is 0.235 e. The molecule has 1 aliphatic rings. The maximum atomic E-state index is 12.7. The van der Waals surface area contributed by atoms with E-state index in [1.807, 2.05) is 48.2 Å². The first-order valence-corrected chi connectivity index (χ1v) is 9.44. The van der Waals surface area contributed by atoms with Gasteiger partial charge >= 0.3 is 0 Å². The lowest BCUT2D eigenvalue weighted by Crippen LogP contribution is -2.44. The number of hydrogen-bond acceptors (Lipinski definition) is 6. The molecule has 1 saturated heterocycles. The Balaban J connectivity index is 1.65. The number of carbonyl (C=O) groups is 1. The van der Waals surface area contributed by atoms with Crippen LogP contribution in [0.15, 0.2) is 52.1 Å². The van der Waals surface area contributed by atoms with Crippen molar-refractivity contribution >= 4 is 28.6 Å². The van der Waals surface area contributed by atoms with E-state index < -0.39 is 0 Å². The summed E-state index contributed by atoms with van der Waals surface area (Å²) in [6.07, 6.45) is 1.60. The summed E-state index contributed by atoms with van der Waals surface area (Å²) in [7, 11) is 0. The highest BCUT2D eigenvalue weighted by Crippen LogP contribution is 2.31. The molecule has 0 unspecified atom stereocenters. The van der Waals surface area contributed by atoms with Gasteiger partial charge in [0.25, 0.3) is 0 Å². The van der Waals surface area contributed by atoms with Crippen molar-refractivity contribution in [1.82, 2.24) is 14.9 Å². The van der Waals surface area contributed by atoms with Gasteiger partial charge in [-0.05, 0) is 25.1 Å². The highest BCUT2D eigenvalue weighted by molar-refractivity contribution is 8.00. The Bertz CT molecular complexity index is 908. The lowest BCUT2D eigenvalue weighted by molar-refractivity contribution is -0.134. The van der Waals surface area contributed by atoms with Crippen LogP contribution in [0.4, 0.5) is 0 Å². The Hall–Kier alpha value is -2.38. The average molecular weight is 369 g/mol. The summed E-state index contributed by atoms with van der Waals surface area (Å²) >= 11 is 1.46. The summed E-state index contributed by atoms with van der Waals surface area (Å²) in [5.74, 6) is 1.26. The van der Waals surface area contributed by atoms with Crippen LogP contribution in [0.2, 0.25) is 0 Å². The molecule has 1 aliphatic heterocycles. The Morgan fingerprint density at radius 1 is 1.15 bits per heavy atom. The van der Waals surface area contributed by atoms with Crippen molar-refractivity contribution < 1.29 is 13.9 Å². The summed E-state index contributed by atoms with van der Waals surface area (Å²) in [6.45, 7) is 4.41. The first-order chi connectivity index (χ1) is 12.7. The highest BCUT2D eigenvalue weighted by atomic mass is 32.2. The molecule has 1 amide bonds. The van der Waals surface area contributed by atoms with Gasteiger partial charge in [-0.3, -0.25) is 4.79 Å². The zero-order valence-electron chi connectivity index (χ0n) is 14.4. The number of thioether (sulfide) groups is 1. The van der Waals surface area contributed by atoms with E-state index in [0.717, 1.165) is 15.9 Å². The van der Waals surface area contributed by atoms with Crippen LogP contribution >= 0.6 is 11.8 Å². The number of carbonyl (C=O) groups excluding carboxylic acids is 1. The van der Waals surface area contributed by atoms with E-state index >= 15 is 0 Å². The van der Waals surface area contributed by atoms with Gasteiger partial charge < -0.3 is 14.1 Å². The molecule has 1 atom stereocenters. The SMILES string of the molecule is C[C@@H](Sc1nc(-c2ccco2)nc2ccccc12)C(=O)N1CCOCC1. The fourth-order valence-electron chi connectivity index (χ4n) is 2.91. The zero-order valence-corrected chi connectivity index (χ0v) is 15.2. The van der Waals surface area contributed by atoms with Gasteiger partial charge in [0.05, 0.1) is 30.2 Å². The van der Waals surface area contributed by atoms with Crippen LogP contribution in [0.3, 0.4) is 0 Å². The third kappa shape index (κ3) is 3.45. The summed E-state index contributed by atoms with van der Waals surface area (Å²) < 4.78 is 10.8. The monoisotopic (exact) mass is 369 g/mol. The van der Waals surface area contributed by atoms with Crippen molar-refractivity contribution in [2.75, 3.05) is 26.3 Å². The number of ether oxygens (including phenoxy) is 1. The molecule has 2 aromatic heterocycles. The van der Waals surface area contributed by atoms with E-state index in [1.54, 1.807) is 6.26 Å². The van der Waals surface area contributed by atoms with Crippen LogP contribution in [0.1, 0.15) is 6.92 Å². The van der Waals surface area contributed by atoms with Crippen LogP contribution in [-0.2, 0) is 9.53 Å². The van der Waals surface area contributed by atoms with Gasteiger partial charge in [-0.25, -0.2) is 9.97 Å². The normalized spacial score (nSPS) is 16.0. The number of nitrogens with zero attached hydrogens (tertiary/aromatic N) is 3. The molecule has 6 nitrogen and oxygen atoms in total. The molecule has 26 heavy (non-hydrogen) atoms. The molecule has 3 aromatic rings. The van der Waals surface area contributed by atoms with E-state index in [4.69, 9.17) is 9.15 Å². The van der Waals surface area contributed by atoms with Crippen LogP contribution in [0.25, 0.3) is 22.5 Å². The van der Waals surface area contributed by atoms with Gasteiger partial charge in [0.2, 0.25) is 5.91 Å². The van der Waals surface area contributed by atoms with Crippen LogP contribution < -0.4 is 0 Å². The molecule has 134 valence electrons. The van der Waals surface area contributed by atoms with Gasteiger partial charge in [0.15, 0.2) is 11.6 Å². The van der Waals surface area contributed by atoms with E-state index in [1.165, 1.54) is 11.8 Å². The molecule has 0 aliphatic carbocycles. The lowest BCUT2D eigenvalue weighted by Gasteiger charge is -2.29. The van der Waals surface area contributed by atoms with Gasteiger partial charge in [0, 0.05) is 18.5 Å². The van der Waals surface area contributed by atoms with Gasteiger partial charge in [0.1, 0.15) is 5.03 Å². The van der Waals surface area contributed by atoms with Crippen LogP contribution in [-0.4, -0.2) is 52.3 Å². The van der Waals surface area contributed by atoms with Crippen molar-refractivity contribution in [2.45, 2.75) is 17.2 Å². The predicted molar refractivity (Wildman–Crippen MR) is 100.0 cm³/mol. The van der Waals surface area contributed by atoms with E-state index in [2.05, 4.69) is 9.97 Å². The van der Waals surface area contributed by atoms with E-state index in [-0.39, 0.29) is 11.2 Å². The van der Waals surface area contributed by atoms with Crippen LogP contribution in [0.5, 0.6) is 0 Å². The highest BCUT2D eigenvalue weighted by Gasteiger charge is 2.24. The molecule has 0 N–H and O–H groups in total. The number of para-hydroxylation sites is 1. The molecule has 0 spiro atoms. The molecule has 1 aromatic carbocycles. The molecule has 0 bridgehead atoms. The number of fused-ring (bicyclic) bond motifs is 1. The van der Waals surface area contributed by atoms with E-state index in [0.29, 0.717) is 37.9 Å². The second kappa shape index (κ2) is 7.47. The first kappa shape index (κ1) is 17.1. The second-order valence-corrected chi connectivity index (χ2v) is 7.37. The maximum Gasteiger partial charge on any atom is 0.235 e. The minimum atomic E-state index is -0.240. The number of furan rings is 1. The summed E-state index contributed by atoms with van der Waals surface area (Å²) in [4.78, 5) is 23.9. The fourth-order valence-corrected chi connectivity index (χ4v) is 3.94. The third-order valence-electron chi connectivity index (χ3n) is 4.27. The first-order valence-electron chi connectivity index (χ1n) is 8.56. The molecule has 4 rings (SSSR count). The zero-order chi connectivity index (χ0) is 17.9. The summed E-state index contributed by atoms with van der Waals surface area (Å²) in [5.41, 5.74) is 0.836. The standard InChI is InChI=1S/C19H19N3O3S/c1-13(19(23)22-8-11-24-12-9-22)26-18-14-5-2-3-6-15(14)20-17(21-18)16-7-4-10-25-16/h2-7,10,13H,8-9,11-12H2,1H3/t13-/m1/s1. The number of morpholine rings is 1. The third-order valence-corrected chi connectivity index (χ3v) is 5.36. The Kier molecular flexibility index (Phi) is 4.90. The molecule has 3 heterocycles. The largest absolute Gasteiger partial charge is 0.461 e. The molecule has 0 radical (unpaired) electrons. The summed E-state index contributed by atoms with van der Waals surface area (Å²) in [6, 6.07) is 11.5. The molecule has 7 heteroatoms. The second-order valence-electron chi connectivity index (χ2n) is 6.04. The number of rotatable bonds is 4. The van der Waals surface area contributed by atoms with Crippen molar-refractivity contribution in [3.63, 3.8) is 0 Å². The molecule has 0 saturated carbocycles. The topological polar surface area (TPSA) is 68.5 Å². The number of amides is 1. The van der Waals surface area contributed by atoms with Crippen molar-refractivity contribution in [2.24, 2.45) is 0 Å². The Labute approximate surface area is 155 Å². The Morgan fingerprint density at radius 3 is 2.73 bits per heavy atom. The van der Waals surface area contributed by atoms with Crippen molar-refractivity contribution in [1.29, 1.82) is 0 Å². The number of aromatic nitrogens is 2. The minimum absolute atomic E-state index is 0.112. The quantitative estimate of drug-likeness (QED) is 0.519. The lowest BCUT2D eigenvalue weighted by atomic mass is 10.2. The fraction of sp³-hybridized carbons (Fsp3) is 0.316. The van der Waals surface area contributed by atoms with Crippen molar-refractivity contribution in [3.05, 3.63) is 42.7 Å². The van der Waals surface area contributed by atoms with Gasteiger partial charge in [-0.2, -0.15) is 0 Å². The molecular weight excluding hydrogens is 350 g/mol. The van der Waals surface area contributed by atoms with Gasteiger partial charge in [-0.15, -0.1) is 0 Å².